The molecule has 5 nitrogen and oxygen atoms in total. The van der Waals surface area contributed by atoms with Gasteiger partial charge in [-0.25, -0.2) is 18.7 Å². The summed E-state index contributed by atoms with van der Waals surface area (Å²) in [5.41, 5.74) is 0.171. The predicted octanol–water partition coefficient (Wildman–Crippen LogP) is 1.90. The van der Waals surface area contributed by atoms with Crippen LogP contribution in [0.15, 0.2) is 11.2 Å². The van der Waals surface area contributed by atoms with E-state index in [1.165, 1.54) is 17.8 Å². The Morgan fingerprint density at radius 3 is 3.00 bits per heavy atom. The fraction of sp³-hybridized carbons (Fsp3) is 0.583. The van der Waals surface area contributed by atoms with Crippen molar-refractivity contribution < 1.29 is 23.0 Å². The average molecular weight is 302 g/mol. The average Bonchev–Trinajstić information content (AvgIpc) is 2.81. The molecular formula is C12H12F2N2O3S. The molecule has 1 aromatic heterocycles. The van der Waals surface area contributed by atoms with E-state index in [1.54, 1.807) is 6.92 Å². The number of carbonyl (C=O) groups excluding carboxylic acids is 1. The van der Waals surface area contributed by atoms with Crippen LogP contribution in [-0.4, -0.2) is 40.0 Å². The van der Waals surface area contributed by atoms with Gasteiger partial charge in [-0.3, -0.25) is 4.79 Å². The maximum Gasteiger partial charge on any atom is 0.280 e. The summed E-state index contributed by atoms with van der Waals surface area (Å²) in [6, 6.07) is 1.26. The van der Waals surface area contributed by atoms with E-state index >= 15 is 0 Å². The van der Waals surface area contributed by atoms with Gasteiger partial charge in [0.15, 0.2) is 10.9 Å². The van der Waals surface area contributed by atoms with E-state index in [2.05, 4.69) is 9.97 Å². The van der Waals surface area contributed by atoms with E-state index in [0.717, 1.165) is 0 Å². The summed E-state index contributed by atoms with van der Waals surface area (Å²) in [4.78, 5) is 19.6. The van der Waals surface area contributed by atoms with Gasteiger partial charge in [-0.15, -0.1) is 0 Å². The highest BCUT2D eigenvalue weighted by Crippen LogP contribution is 2.35. The number of Topliss-reactive ketones (excluding diaryl/α,β-unsaturated/α-hetero) is 1. The number of carbonyl (C=O) groups is 1. The number of aryl methyl sites for hydroxylation is 1. The van der Waals surface area contributed by atoms with E-state index in [9.17, 15) is 13.6 Å². The first-order valence-corrected chi connectivity index (χ1v) is 7.01. The van der Waals surface area contributed by atoms with Crippen molar-refractivity contribution in [1.29, 1.82) is 0 Å². The molecule has 0 aliphatic carbocycles. The zero-order valence-corrected chi connectivity index (χ0v) is 11.4. The van der Waals surface area contributed by atoms with Gasteiger partial charge in [-0.2, -0.15) is 0 Å². The zero-order chi connectivity index (χ0) is 14.3. The first-order valence-electron chi connectivity index (χ1n) is 6.13. The highest BCUT2D eigenvalue weighted by Gasteiger charge is 2.43. The summed E-state index contributed by atoms with van der Waals surface area (Å²) in [5, 5.41) is 0.0422. The number of alkyl halides is 2. The van der Waals surface area contributed by atoms with E-state index in [0.29, 0.717) is 12.3 Å². The highest BCUT2D eigenvalue weighted by atomic mass is 32.2. The van der Waals surface area contributed by atoms with Crippen molar-refractivity contribution in [2.24, 2.45) is 0 Å². The molecule has 2 aliphatic heterocycles. The van der Waals surface area contributed by atoms with Crippen molar-refractivity contribution in [3.05, 3.63) is 17.5 Å². The topological polar surface area (TPSA) is 61.3 Å². The molecule has 8 heteroatoms. The first kappa shape index (κ1) is 13.8. The van der Waals surface area contributed by atoms with Gasteiger partial charge in [0.25, 0.3) is 6.43 Å². The lowest BCUT2D eigenvalue weighted by molar-refractivity contribution is -0.151. The molecule has 1 aromatic rings. The molecule has 0 unspecified atom stereocenters. The molecule has 2 saturated heterocycles. The Balaban J connectivity index is 1.79. The molecule has 2 bridgehead atoms. The molecule has 3 heterocycles. The lowest BCUT2D eigenvalue weighted by Crippen LogP contribution is -2.37. The van der Waals surface area contributed by atoms with Crippen LogP contribution in [0.3, 0.4) is 0 Å². The Hall–Kier alpha value is -1.12. The van der Waals surface area contributed by atoms with Crippen molar-refractivity contribution >= 4 is 17.5 Å². The number of thioether (sulfide) groups is 1. The second kappa shape index (κ2) is 5.34. The van der Waals surface area contributed by atoms with Gasteiger partial charge < -0.3 is 9.47 Å². The highest BCUT2D eigenvalue weighted by molar-refractivity contribution is 7.99. The molecule has 0 aromatic carbocycles. The monoisotopic (exact) mass is 302 g/mol. The van der Waals surface area contributed by atoms with Gasteiger partial charge in [-0.1, -0.05) is 11.8 Å². The number of aromatic nitrogens is 2. The molecule has 0 spiro atoms. The van der Waals surface area contributed by atoms with Crippen LogP contribution in [-0.2, 0) is 14.3 Å². The number of ketones is 1. The van der Waals surface area contributed by atoms with E-state index < -0.39 is 12.7 Å². The summed E-state index contributed by atoms with van der Waals surface area (Å²) in [6.45, 7) is 1.97. The number of hydrogen-bond donors (Lipinski definition) is 0. The van der Waals surface area contributed by atoms with Crippen LogP contribution in [0.1, 0.15) is 24.2 Å². The Morgan fingerprint density at radius 1 is 1.45 bits per heavy atom. The molecule has 0 N–H and O–H groups in total. The maximum absolute atomic E-state index is 12.7. The predicted molar refractivity (Wildman–Crippen MR) is 65.6 cm³/mol. The van der Waals surface area contributed by atoms with Gasteiger partial charge in [0.1, 0.15) is 5.69 Å². The SMILES string of the molecule is Cc1cc(C(F)F)nc(S[C@@H]2CC(=O)[C@@H]3OC[C@@H]2O3)n1. The molecule has 0 radical (unpaired) electrons. The van der Waals surface area contributed by atoms with Crippen molar-refractivity contribution in [3.8, 4) is 0 Å². The minimum atomic E-state index is -2.64. The molecule has 2 fully saturated rings. The smallest absolute Gasteiger partial charge is 0.280 e. The Kier molecular flexibility index (Phi) is 3.70. The van der Waals surface area contributed by atoms with E-state index in [1.807, 2.05) is 0 Å². The van der Waals surface area contributed by atoms with Gasteiger partial charge in [0.05, 0.1) is 12.7 Å². The number of ether oxygens (including phenoxy) is 2. The number of fused-ring (bicyclic) bond motifs is 2. The summed E-state index contributed by atoms with van der Waals surface area (Å²) >= 11 is 1.19. The molecular weight excluding hydrogens is 290 g/mol. The normalized spacial score (nSPS) is 29.2. The van der Waals surface area contributed by atoms with Crippen molar-refractivity contribution in [3.63, 3.8) is 0 Å². The van der Waals surface area contributed by atoms with Crippen LogP contribution in [0.2, 0.25) is 0 Å². The van der Waals surface area contributed by atoms with Crippen LogP contribution in [0.25, 0.3) is 0 Å². The molecule has 3 rings (SSSR count). The van der Waals surface area contributed by atoms with Crippen molar-refractivity contribution in [2.45, 2.75) is 42.6 Å². The van der Waals surface area contributed by atoms with Crippen molar-refractivity contribution in [1.82, 2.24) is 9.97 Å². The molecule has 3 atom stereocenters. The van der Waals surface area contributed by atoms with Crippen LogP contribution in [0.4, 0.5) is 8.78 Å². The van der Waals surface area contributed by atoms with Gasteiger partial charge >= 0.3 is 0 Å². The maximum atomic E-state index is 12.7. The number of halogens is 2. The molecule has 108 valence electrons. The van der Waals surface area contributed by atoms with Crippen molar-refractivity contribution in [2.75, 3.05) is 6.61 Å². The minimum Gasteiger partial charge on any atom is -0.343 e. The fourth-order valence-corrected chi connectivity index (χ4v) is 3.36. The molecule has 20 heavy (non-hydrogen) atoms. The minimum absolute atomic E-state index is 0.127. The summed E-state index contributed by atoms with van der Waals surface area (Å²) < 4.78 is 36.0. The third kappa shape index (κ3) is 2.68. The largest absolute Gasteiger partial charge is 0.343 e. The summed E-state index contributed by atoms with van der Waals surface area (Å²) in [5.74, 6) is -0.127. The summed E-state index contributed by atoms with van der Waals surface area (Å²) in [6.07, 6.45) is -3.34. The molecule has 2 aliphatic rings. The first-order chi connectivity index (χ1) is 9.52. The quantitative estimate of drug-likeness (QED) is 0.795. The lowest BCUT2D eigenvalue weighted by Gasteiger charge is -2.25. The van der Waals surface area contributed by atoms with E-state index in [-0.39, 0.29) is 34.4 Å². The molecule has 0 amide bonds. The van der Waals surface area contributed by atoms with Gasteiger partial charge in [0, 0.05) is 17.4 Å². The number of rotatable bonds is 3. The van der Waals surface area contributed by atoms with Crippen LogP contribution < -0.4 is 0 Å². The third-order valence-electron chi connectivity index (χ3n) is 3.12. The Labute approximate surface area is 118 Å². The van der Waals surface area contributed by atoms with Gasteiger partial charge in [-0.05, 0) is 13.0 Å². The van der Waals surface area contributed by atoms with Crippen LogP contribution >= 0.6 is 11.8 Å². The molecule has 0 saturated carbocycles. The Morgan fingerprint density at radius 2 is 2.25 bits per heavy atom. The zero-order valence-electron chi connectivity index (χ0n) is 10.6. The second-order valence-corrected chi connectivity index (χ2v) is 5.89. The standard InChI is InChI=1S/C12H12F2N2O3S/c1-5-2-6(10(13)14)16-12(15-5)20-9-3-7(17)11-18-4-8(9)19-11/h2,8-11H,3-4H2,1H3/t8-,9+,11+/m0/s1. The lowest BCUT2D eigenvalue weighted by atomic mass is 10.1. The summed E-state index contributed by atoms with van der Waals surface area (Å²) in [7, 11) is 0. The fourth-order valence-electron chi connectivity index (χ4n) is 2.19. The second-order valence-electron chi connectivity index (χ2n) is 4.68. The third-order valence-corrected chi connectivity index (χ3v) is 4.29. The van der Waals surface area contributed by atoms with E-state index in [4.69, 9.17) is 9.47 Å². The van der Waals surface area contributed by atoms with Crippen LogP contribution in [0.5, 0.6) is 0 Å². The Bertz CT molecular complexity index is 543. The number of hydrogen-bond acceptors (Lipinski definition) is 6. The van der Waals surface area contributed by atoms with Gasteiger partial charge in [0.2, 0.25) is 6.29 Å². The van der Waals surface area contributed by atoms with Crippen LogP contribution in [0, 0.1) is 6.92 Å². The number of nitrogens with zero attached hydrogens (tertiary/aromatic N) is 2.